The molecule has 8 heteroatoms. The molecule has 128 valence electrons. The highest BCUT2D eigenvalue weighted by Gasteiger charge is 2.28. The number of Topliss-reactive ketones (excluding diaryl/α,β-unsaturated/α-hetero) is 1. The van der Waals surface area contributed by atoms with Crippen molar-refractivity contribution < 1.29 is 22.7 Å². The van der Waals surface area contributed by atoms with Crippen LogP contribution in [0.25, 0.3) is 0 Å². The number of rotatable bonds is 4. The van der Waals surface area contributed by atoms with Crippen molar-refractivity contribution in [2.45, 2.75) is 11.8 Å². The van der Waals surface area contributed by atoms with Gasteiger partial charge in [0.15, 0.2) is 11.6 Å². The summed E-state index contributed by atoms with van der Waals surface area (Å²) in [6.45, 7) is 1.05. The summed E-state index contributed by atoms with van der Waals surface area (Å²) in [4.78, 5) is 22.7. The fourth-order valence-corrected chi connectivity index (χ4v) is 3.45. The first-order valence-corrected chi connectivity index (χ1v) is 8.79. The zero-order chi connectivity index (χ0) is 18.0. The van der Waals surface area contributed by atoms with Gasteiger partial charge in [0, 0.05) is 11.3 Å². The number of ketones is 1. The number of hydrogen-bond donors (Lipinski definition) is 1. The van der Waals surface area contributed by atoms with E-state index in [4.69, 9.17) is 4.74 Å². The number of carbonyl (C=O) groups excluding carboxylic acids is 2. The van der Waals surface area contributed by atoms with Crippen LogP contribution in [0.1, 0.15) is 22.8 Å². The summed E-state index contributed by atoms with van der Waals surface area (Å²) < 4.78 is 32.6. The first-order valence-electron chi connectivity index (χ1n) is 7.35. The molecule has 0 amide bonds. The summed E-state index contributed by atoms with van der Waals surface area (Å²) in [5.74, 6) is -0.624. The van der Waals surface area contributed by atoms with Crippen molar-refractivity contribution in [3.8, 4) is 0 Å². The van der Waals surface area contributed by atoms with Gasteiger partial charge in [0.1, 0.15) is 11.5 Å². The molecule has 0 aliphatic carbocycles. The number of carbonyl (C=O) groups is 2. The van der Waals surface area contributed by atoms with Gasteiger partial charge in [-0.15, -0.1) is 4.40 Å². The molecule has 1 aliphatic rings. The molecule has 2 aromatic carbocycles. The van der Waals surface area contributed by atoms with Crippen LogP contribution in [0.5, 0.6) is 0 Å². The third kappa shape index (κ3) is 3.58. The third-order valence-electron chi connectivity index (χ3n) is 3.42. The Morgan fingerprint density at radius 2 is 1.76 bits per heavy atom. The number of ether oxygens (including phenoxy) is 1. The predicted molar refractivity (Wildman–Crippen MR) is 91.2 cm³/mol. The molecule has 1 N–H and O–H groups in total. The van der Waals surface area contributed by atoms with Crippen LogP contribution in [-0.4, -0.2) is 32.6 Å². The number of amidine groups is 1. The minimum atomic E-state index is -3.69. The van der Waals surface area contributed by atoms with Crippen molar-refractivity contribution in [1.29, 1.82) is 0 Å². The quantitative estimate of drug-likeness (QED) is 0.839. The zero-order valence-corrected chi connectivity index (χ0v) is 14.0. The molecule has 7 nitrogen and oxygen atoms in total. The molecule has 0 spiro atoms. The summed E-state index contributed by atoms with van der Waals surface area (Å²) in [5, 5.41) is 2.93. The average molecular weight is 358 g/mol. The number of anilines is 1. The van der Waals surface area contributed by atoms with Gasteiger partial charge in [0.25, 0.3) is 10.0 Å². The second-order valence-corrected chi connectivity index (χ2v) is 6.96. The minimum absolute atomic E-state index is 0.155. The van der Waals surface area contributed by atoms with E-state index in [0.717, 1.165) is 0 Å². The maximum Gasteiger partial charge on any atom is 0.338 e. The van der Waals surface area contributed by atoms with Crippen molar-refractivity contribution >= 4 is 33.3 Å². The smallest absolute Gasteiger partial charge is 0.338 e. The molecule has 2 aromatic rings. The Hall–Kier alpha value is -3.00. The van der Waals surface area contributed by atoms with Crippen molar-refractivity contribution in [3.05, 3.63) is 59.7 Å². The van der Waals surface area contributed by atoms with Crippen molar-refractivity contribution in [2.75, 3.05) is 11.9 Å². The third-order valence-corrected chi connectivity index (χ3v) is 4.76. The van der Waals surface area contributed by atoms with E-state index in [9.17, 15) is 18.0 Å². The van der Waals surface area contributed by atoms with Gasteiger partial charge in [-0.05, 0) is 43.3 Å². The summed E-state index contributed by atoms with van der Waals surface area (Å²) in [5.41, 5.74) is 1.34. The van der Waals surface area contributed by atoms with Crippen molar-refractivity contribution in [2.24, 2.45) is 4.40 Å². The van der Waals surface area contributed by atoms with Gasteiger partial charge >= 0.3 is 5.97 Å². The second kappa shape index (κ2) is 6.48. The van der Waals surface area contributed by atoms with Crippen LogP contribution >= 0.6 is 0 Å². The van der Waals surface area contributed by atoms with Gasteiger partial charge in [0.2, 0.25) is 0 Å². The van der Waals surface area contributed by atoms with Crippen LogP contribution in [-0.2, 0) is 19.6 Å². The molecule has 25 heavy (non-hydrogen) atoms. The number of fused-ring (bicyclic) bond motifs is 1. The van der Waals surface area contributed by atoms with Gasteiger partial charge in [0.05, 0.1) is 5.56 Å². The SMILES string of the molecule is CC(=O)COC(=O)c1ccc(NC2=NS(=O)(=O)c3ccccc32)cc1. The van der Waals surface area contributed by atoms with Gasteiger partial charge < -0.3 is 10.1 Å². The maximum atomic E-state index is 12.0. The Labute approximate surface area is 144 Å². The normalized spacial score (nSPS) is 14.4. The standard InChI is InChI=1S/C17H14N2O5S/c1-11(20)10-24-17(21)12-6-8-13(9-7-12)18-16-14-4-2-3-5-15(14)25(22,23)19-16/h2-9H,10H2,1H3,(H,18,19). The molecule has 0 radical (unpaired) electrons. The number of sulfonamides is 1. The molecule has 0 unspecified atom stereocenters. The molecule has 0 aromatic heterocycles. The van der Waals surface area contributed by atoms with Crippen LogP contribution in [0.15, 0.2) is 57.8 Å². The van der Waals surface area contributed by atoms with Crippen LogP contribution in [0, 0.1) is 0 Å². The van der Waals surface area contributed by atoms with E-state index in [1.807, 2.05) is 0 Å². The summed E-state index contributed by atoms with van der Waals surface area (Å²) in [6.07, 6.45) is 0. The molecule has 1 heterocycles. The van der Waals surface area contributed by atoms with Gasteiger partial charge in [-0.2, -0.15) is 8.42 Å². The summed E-state index contributed by atoms with van der Waals surface area (Å²) in [7, 11) is -3.69. The second-order valence-electron chi connectivity index (χ2n) is 5.39. The van der Waals surface area contributed by atoms with E-state index in [1.165, 1.54) is 25.1 Å². The number of nitrogens with zero attached hydrogens (tertiary/aromatic N) is 1. The van der Waals surface area contributed by atoms with E-state index in [1.54, 1.807) is 30.3 Å². The Bertz CT molecular complexity index is 978. The highest BCUT2D eigenvalue weighted by Crippen LogP contribution is 2.26. The van der Waals surface area contributed by atoms with Gasteiger partial charge in [-0.25, -0.2) is 4.79 Å². The summed E-state index contributed by atoms with van der Waals surface area (Å²) in [6, 6.07) is 12.7. The number of benzene rings is 2. The highest BCUT2D eigenvalue weighted by molar-refractivity contribution is 7.90. The first-order chi connectivity index (χ1) is 11.9. The molecule has 0 bridgehead atoms. The molecule has 0 saturated heterocycles. The fourth-order valence-electron chi connectivity index (χ4n) is 2.27. The Balaban J connectivity index is 1.77. The minimum Gasteiger partial charge on any atom is -0.454 e. The molecule has 0 fully saturated rings. The largest absolute Gasteiger partial charge is 0.454 e. The Morgan fingerprint density at radius 1 is 1.08 bits per heavy atom. The lowest BCUT2D eigenvalue weighted by atomic mass is 10.1. The predicted octanol–water partition coefficient (Wildman–Crippen LogP) is 1.99. The highest BCUT2D eigenvalue weighted by atomic mass is 32.2. The number of nitrogens with one attached hydrogen (secondary N) is 1. The van der Waals surface area contributed by atoms with Crippen molar-refractivity contribution in [3.63, 3.8) is 0 Å². The fraction of sp³-hybridized carbons (Fsp3) is 0.118. The lowest BCUT2D eigenvalue weighted by Crippen LogP contribution is -2.13. The maximum absolute atomic E-state index is 12.0. The molecular weight excluding hydrogens is 344 g/mol. The van der Waals surface area contributed by atoms with E-state index in [0.29, 0.717) is 11.3 Å². The lowest BCUT2D eigenvalue weighted by Gasteiger charge is -2.07. The number of hydrogen-bond acceptors (Lipinski definition) is 6. The molecule has 0 saturated carbocycles. The van der Waals surface area contributed by atoms with E-state index >= 15 is 0 Å². The zero-order valence-electron chi connectivity index (χ0n) is 13.2. The summed E-state index contributed by atoms with van der Waals surface area (Å²) >= 11 is 0. The van der Waals surface area contributed by atoms with Crippen LogP contribution < -0.4 is 5.32 Å². The van der Waals surface area contributed by atoms with Crippen LogP contribution in [0.2, 0.25) is 0 Å². The van der Waals surface area contributed by atoms with E-state index < -0.39 is 16.0 Å². The molecule has 3 rings (SSSR count). The number of esters is 1. The van der Waals surface area contributed by atoms with Crippen molar-refractivity contribution in [1.82, 2.24) is 0 Å². The lowest BCUT2D eigenvalue weighted by molar-refractivity contribution is -0.120. The Morgan fingerprint density at radius 3 is 2.44 bits per heavy atom. The van der Waals surface area contributed by atoms with Gasteiger partial charge in [-0.1, -0.05) is 12.1 Å². The van der Waals surface area contributed by atoms with Crippen LogP contribution in [0.3, 0.4) is 0 Å². The van der Waals surface area contributed by atoms with Gasteiger partial charge in [-0.3, -0.25) is 4.79 Å². The molecule has 1 aliphatic heterocycles. The van der Waals surface area contributed by atoms with Crippen LogP contribution in [0.4, 0.5) is 5.69 Å². The first kappa shape index (κ1) is 16.8. The van der Waals surface area contributed by atoms with E-state index in [2.05, 4.69) is 9.71 Å². The van der Waals surface area contributed by atoms with E-state index in [-0.39, 0.29) is 28.7 Å². The Kier molecular flexibility index (Phi) is 4.37. The molecular formula is C17H14N2O5S. The average Bonchev–Trinajstić information content (AvgIpc) is 2.84. The monoisotopic (exact) mass is 358 g/mol. The topological polar surface area (TPSA) is 102 Å². The molecule has 0 atom stereocenters.